The Morgan fingerprint density at radius 1 is 1.09 bits per heavy atom. The molecule has 0 aromatic heterocycles. The first-order valence-corrected chi connectivity index (χ1v) is 11.4. The van der Waals surface area contributed by atoms with Gasteiger partial charge in [0.25, 0.3) is 5.91 Å². The van der Waals surface area contributed by atoms with Gasteiger partial charge in [-0.15, -0.1) is 0 Å². The zero-order chi connectivity index (χ0) is 23.5. The van der Waals surface area contributed by atoms with Crippen LogP contribution in [0.25, 0.3) is 16.7 Å². The van der Waals surface area contributed by atoms with Crippen LogP contribution in [0.4, 0.5) is 21.5 Å². The number of fused-ring (bicyclic) bond motifs is 1. The van der Waals surface area contributed by atoms with Gasteiger partial charge >= 0.3 is 0 Å². The van der Waals surface area contributed by atoms with Gasteiger partial charge in [0.2, 0.25) is 0 Å². The molecule has 3 aromatic rings. The third-order valence-corrected chi connectivity index (χ3v) is 6.25. The lowest BCUT2D eigenvalue weighted by Gasteiger charge is -2.29. The predicted octanol–water partition coefficient (Wildman–Crippen LogP) is 4.36. The van der Waals surface area contributed by atoms with E-state index in [1.54, 1.807) is 24.3 Å². The number of halogens is 1. The van der Waals surface area contributed by atoms with Crippen molar-refractivity contribution >= 4 is 28.5 Å². The summed E-state index contributed by atoms with van der Waals surface area (Å²) in [6.45, 7) is 4.51. The molecule has 0 radical (unpaired) electrons. The molecule has 0 aliphatic carbocycles. The number of nitrogens with zero attached hydrogens (tertiary/aromatic N) is 1. The maximum absolute atomic E-state index is 14.6. The molecule has 3 N–H and O–H groups in total. The zero-order valence-corrected chi connectivity index (χ0v) is 19.0. The van der Waals surface area contributed by atoms with E-state index in [1.807, 2.05) is 12.1 Å². The number of piperazine rings is 1. The van der Waals surface area contributed by atoms with E-state index in [0.29, 0.717) is 29.0 Å². The second-order valence-electron chi connectivity index (χ2n) is 8.31. The van der Waals surface area contributed by atoms with Crippen LogP contribution in [0.5, 0.6) is 5.75 Å². The van der Waals surface area contributed by atoms with Gasteiger partial charge < -0.3 is 25.6 Å². The molecular weight excluding hydrogens is 431 g/mol. The number of carbonyl (C=O) groups excluding carboxylic acids is 1. The summed E-state index contributed by atoms with van der Waals surface area (Å²) in [5, 5.41) is 9.62. The molecule has 2 heterocycles. The summed E-state index contributed by atoms with van der Waals surface area (Å²) in [7, 11) is 1.52. The number of benzene rings is 3. The smallest absolute Gasteiger partial charge is 0.256 e. The van der Waals surface area contributed by atoms with Gasteiger partial charge in [0, 0.05) is 60.9 Å². The molecule has 7 heteroatoms. The molecule has 5 rings (SSSR count). The number of hydrogen-bond donors (Lipinski definition) is 3. The monoisotopic (exact) mass is 458 g/mol. The summed E-state index contributed by atoms with van der Waals surface area (Å²) in [6.07, 6.45) is 1.87. The molecule has 6 nitrogen and oxygen atoms in total. The average Bonchev–Trinajstić information content (AvgIpc) is 3.19. The fourth-order valence-electron chi connectivity index (χ4n) is 4.48. The van der Waals surface area contributed by atoms with E-state index in [-0.39, 0.29) is 11.7 Å². The van der Waals surface area contributed by atoms with E-state index in [2.05, 4.69) is 45.1 Å². The molecule has 0 unspecified atom stereocenters. The maximum atomic E-state index is 14.6. The Kier molecular flexibility index (Phi) is 6.18. The van der Waals surface area contributed by atoms with Crippen LogP contribution >= 0.6 is 0 Å². The summed E-state index contributed by atoms with van der Waals surface area (Å²) in [6, 6.07) is 18.5. The molecule has 0 atom stereocenters. The van der Waals surface area contributed by atoms with E-state index < -0.39 is 0 Å². The molecule has 1 amide bonds. The average molecular weight is 459 g/mol. The minimum atomic E-state index is -0.368. The van der Waals surface area contributed by atoms with Gasteiger partial charge in [0.1, 0.15) is 11.6 Å². The standard InChI is InChI=1S/C27H27FN4O2/c1-34-25-4-2-3-23(28)26(25)18-5-10-24-22(17-18)21(27(33)31-24)11-12-30-19-6-8-20(9-7-19)32-15-13-29-14-16-32/h2-11,17,29-30H,12-16H2,1H3,(H,31,33)/b21-11-. The number of hydrogen-bond acceptors (Lipinski definition) is 5. The van der Waals surface area contributed by atoms with Crippen molar-refractivity contribution in [3.8, 4) is 16.9 Å². The Balaban J connectivity index is 1.33. The van der Waals surface area contributed by atoms with Crippen LogP contribution < -0.4 is 25.6 Å². The lowest BCUT2D eigenvalue weighted by Crippen LogP contribution is -2.43. The normalized spacial score (nSPS) is 16.4. The van der Waals surface area contributed by atoms with E-state index >= 15 is 0 Å². The highest BCUT2D eigenvalue weighted by Crippen LogP contribution is 2.39. The summed E-state index contributed by atoms with van der Waals surface area (Å²) in [4.78, 5) is 15.0. The fourth-order valence-corrected chi connectivity index (χ4v) is 4.48. The first-order chi connectivity index (χ1) is 16.6. The Morgan fingerprint density at radius 2 is 1.88 bits per heavy atom. The van der Waals surface area contributed by atoms with Crippen molar-refractivity contribution in [2.24, 2.45) is 0 Å². The van der Waals surface area contributed by atoms with E-state index in [9.17, 15) is 9.18 Å². The van der Waals surface area contributed by atoms with E-state index in [4.69, 9.17) is 4.74 Å². The van der Waals surface area contributed by atoms with Crippen LogP contribution in [0.15, 0.2) is 66.7 Å². The summed E-state index contributed by atoms with van der Waals surface area (Å²) in [5.41, 5.74) is 5.28. The summed E-state index contributed by atoms with van der Waals surface area (Å²) >= 11 is 0. The molecule has 0 spiro atoms. The van der Waals surface area contributed by atoms with Crippen molar-refractivity contribution in [1.82, 2.24) is 5.32 Å². The number of anilines is 3. The largest absolute Gasteiger partial charge is 0.496 e. The number of methoxy groups -OCH3 is 1. The Labute approximate surface area is 198 Å². The van der Waals surface area contributed by atoms with Crippen molar-refractivity contribution in [1.29, 1.82) is 0 Å². The molecule has 1 saturated heterocycles. The van der Waals surface area contributed by atoms with Crippen molar-refractivity contribution < 1.29 is 13.9 Å². The third-order valence-electron chi connectivity index (χ3n) is 6.25. The number of ether oxygens (including phenoxy) is 1. The van der Waals surface area contributed by atoms with Gasteiger partial charge in [-0.05, 0) is 54.1 Å². The summed E-state index contributed by atoms with van der Waals surface area (Å²) < 4.78 is 19.9. The third kappa shape index (κ3) is 4.34. The van der Waals surface area contributed by atoms with Crippen LogP contribution in [0.3, 0.4) is 0 Å². The highest BCUT2D eigenvalue weighted by atomic mass is 19.1. The van der Waals surface area contributed by atoms with E-state index in [1.165, 1.54) is 18.9 Å². The van der Waals surface area contributed by atoms with Gasteiger partial charge in [-0.3, -0.25) is 4.79 Å². The quantitative estimate of drug-likeness (QED) is 0.479. The first-order valence-electron chi connectivity index (χ1n) is 11.4. The molecule has 0 bridgehead atoms. The minimum Gasteiger partial charge on any atom is -0.496 e. The molecule has 2 aliphatic heterocycles. The minimum absolute atomic E-state index is 0.163. The van der Waals surface area contributed by atoms with Crippen molar-refractivity contribution in [3.05, 3.63) is 78.1 Å². The van der Waals surface area contributed by atoms with Gasteiger partial charge in [-0.2, -0.15) is 0 Å². The van der Waals surface area contributed by atoms with Gasteiger partial charge in [-0.1, -0.05) is 18.2 Å². The van der Waals surface area contributed by atoms with Crippen LogP contribution in [-0.4, -0.2) is 45.7 Å². The topological polar surface area (TPSA) is 65.6 Å². The molecule has 174 valence electrons. The van der Waals surface area contributed by atoms with Gasteiger partial charge in [0.05, 0.1) is 12.7 Å². The van der Waals surface area contributed by atoms with Gasteiger partial charge in [0.15, 0.2) is 0 Å². The second-order valence-corrected chi connectivity index (χ2v) is 8.31. The highest BCUT2D eigenvalue weighted by Gasteiger charge is 2.25. The van der Waals surface area contributed by atoms with Crippen molar-refractivity contribution in [2.45, 2.75) is 0 Å². The first kappa shape index (κ1) is 22.0. The van der Waals surface area contributed by atoms with Gasteiger partial charge in [-0.25, -0.2) is 4.39 Å². The molecule has 1 fully saturated rings. The van der Waals surface area contributed by atoms with E-state index in [0.717, 1.165) is 43.1 Å². The number of nitrogens with one attached hydrogen (secondary N) is 3. The maximum Gasteiger partial charge on any atom is 0.256 e. The fraction of sp³-hybridized carbons (Fsp3) is 0.222. The Bertz CT molecular complexity index is 1230. The van der Waals surface area contributed by atoms with Crippen molar-refractivity contribution in [3.63, 3.8) is 0 Å². The Hall–Kier alpha value is -3.84. The van der Waals surface area contributed by atoms with Crippen LogP contribution in [0.1, 0.15) is 5.56 Å². The molecule has 2 aliphatic rings. The SMILES string of the molecule is COc1cccc(F)c1-c1ccc2c(c1)/C(=C/CNc1ccc(N3CCNCC3)cc1)C(=O)N2. The predicted molar refractivity (Wildman–Crippen MR) is 135 cm³/mol. The lowest BCUT2D eigenvalue weighted by molar-refractivity contribution is -0.110. The Morgan fingerprint density at radius 3 is 2.65 bits per heavy atom. The molecule has 3 aromatic carbocycles. The molecule has 0 saturated carbocycles. The molecular formula is C27H27FN4O2. The van der Waals surface area contributed by atoms with Crippen LogP contribution in [0, 0.1) is 5.82 Å². The van der Waals surface area contributed by atoms with Crippen molar-refractivity contribution in [2.75, 3.05) is 55.4 Å². The number of amides is 1. The number of carbonyl (C=O) groups is 1. The summed E-state index contributed by atoms with van der Waals surface area (Å²) in [5.74, 6) is -0.0785. The van der Waals surface area contributed by atoms with Crippen LogP contribution in [0.2, 0.25) is 0 Å². The van der Waals surface area contributed by atoms with Crippen LogP contribution in [-0.2, 0) is 4.79 Å². The number of rotatable bonds is 6. The highest BCUT2D eigenvalue weighted by molar-refractivity contribution is 6.31. The zero-order valence-electron chi connectivity index (χ0n) is 19.0. The second kappa shape index (κ2) is 9.57. The molecule has 34 heavy (non-hydrogen) atoms. The lowest BCUT2D eigenvalue weighted by atomic mass is 9.98.